The van der Waals surface area contributed by atoms with Crippen molar-refractivity contribution in [2.75, 3.05) is 13.6 Å². The molecule has 0 spiro atoms. The third-order valence-electron chi connectivity index (χ3n) is 2.17. The van der Waals surface area contributed by atoms with Gasteiger partial charge in [0, 0.05) is 12.6 Å². The largest absolute Gasteiger partial charge is 0.416 e. The molecule has 0 heterocycles. The highest BCUT2D eigenvalue weighted by molar-refractivity contribution is 5.62. The van der Waals surface area contributed by atoms with Crippen LogP contribution in [0, 0.1) is 10.1 Å². The van der Waals surface area contributed by atoms with Crippen molar-refractivity contribution in [3.8, 4) is 0 Å². The fourth-order valence-electron chi connectivity index (χ4n) is 1.32. The zero-order valence-corrected chi connectivity index (χ0v) is 9.49. The minimum atomic E-state index is -4.59. The molecule has 7 heteroatoms. The number of nitro benzene ring substituents is 1. The summed E-state index contributed by atoms with van der Waals surface area (Å²) in [6.07, 6.45) is -1.58. The summed E-state index contributed by atoms with van der Waals surface area (Å²) in [5, 5.41) is 13.5. The van der Waals surface area contributed by atoms with Gasteiger partial charge in [-0.05, 0) is 19.2 Å². The van der Waals surface area contributed by atoms with Crippen molar-refractivity contribution in [2.24, 2.45) is 0 Å². The van der Waals surface area contributed by atoms with Crippen LogP contribution in [0.5, 0.6) is 0 Å². The van der Waals surface area contributed by atoms with Crippen molar-refractivity contribution in [2.45, 2.75) is 6.18 Å². The van der Waals surface area contributed by atoms with E-state index >= 15 is 0 Å². The molecule has 0 amide bonds. The molecular weight excluding hydrogens is 249 g/mol. The first-order chi connectivity index (χ1) is 8.36. The summed E-state index contributed by atoms with van der Waals surface area (Å²) in [5.74, 6) is 0. The van der Waals surface area contributed by atoms with Gasteiger partial charge in [-0.1, -0.05) is 12.2 Å². The number of halogens is 3. The Hall–Kier alpha value is -1.89. The minimum Gasteiger partial charge on any atom is -0.316 e. The lowest BCUT2D eigenvalue weighted by Crippen LogP contribution is -2.06. The van der Waals surface area contributed by atoms with Crippen LogP contribution in [-0.4, -0.2) is 18.5 Å². The number of alkyl halides is 3. The summed E-state index contributed by atoms with van der Waals surface area (Å²) in [6, 6.07) is 2.46. The molecule has 0 saturated carbocycles. The zero-order valence-electron chi connectivity index (χ0n) is 9.49. The molecular formula is C11H11F3N2O2. The van der Waals surface area contributed by atoms with Crippen molar-refractivity contribution in [3.63, 3.8) is 0 Å². The van der Waals surface area contributed by atoms with Gasteiger partial charge < -0.3 is 5.32 Å². The SMILES string of the molecule is CNCC=Cc1ccc(C(F)(F)F)cc1[N+](=O)[O-]. The Balaban J connectivity index is 3.17. The molecule has 1 rings (SSSR count). The highest BCUT2D eigenvalue weighted by atomic mass is 19.4. The molecule has 0 radical (unpaired) electrons. The quantitative estimate of drug-likeness (QED) is 0.669. The Kier molecular flexibility index (Phi) is 4.43. The summed E-state index contributed by atoms with van der Waals surface area (Å²) < 4.78 is 37.3. The summed E-state index contributed by atoms with van der Waals surface area (Å²) >= 11 is 0. The molecule has 1 N–H and O–H groups in total. The molecule has 0 saturated heterocycles. The second kappa shape index (κ2) is 5.63. The molecule has 0 aliphatic carbocycles. The van der Waals surface area contributed by atoms with Gasteiger partial charge in [-0.2, -0.15) is 13.2 Å². The molecule has 0 atom stereocenters. The van der Waals surface area contributed by atoms with E-state index in [-0.39, 0.29) is 5.56 Å². The molecule has 1 aromatic carbocycles. The minimum absolute atomic E-state index is 0.142. The number of nitrogens with one attached hydrogen (secondary N) is 1. The standard InChI is InChI=1S/C11H11F3N2O2/c1-15-6-2-3-8-4-5-9(11(12,13)14)7-10(8)16(17)18/h2-5,7,15H,6H2,1H3. The van der Waals surface area contributed by atoms with Crippen molar-refractivity contribution in [3.05, 3.63) is 45.5 Å². The van der Waals surface area contributed by atoms with E-state index < -0.39 is 22.4 Å². The Morgan fingerprint density at radius 2 is 2.11 bits per heavy atom. The van der Waals surface area contributed by atoms with Gasteiger partial charge in [0.1, 0.15) is 0 Å². The van der Waals surface area contributed by atoms with Crippen molar-refractivity contribution in [1.29, 1.82) is 0 Å². The van der Waals surface area contributed by atoms with Crippen LogP contribution in [0.15, 0.2) is 24.3 Å². The van der Waals surface area contributed by atoms with Gasteiger partial charge in [0.25, 0.3) is 5.69 Å². The highest BCUT2D eigenvalue weighted by Crippen LogP contribution is 2.33. The van der Waals surface area contributed by atoms with E-state index in [4.69, 9.17) is 0 Å². The molecule has 0 aliphatic heterocycles. The van der Waals surface area contributed by atoms with E-state index in [0.717, 1.165) is 12.1 Å². The number of nitrogens with zero attached hydrogens (tertiary/aromatic N) is 1. The molecule has 4 nitrogen and oxygen atoms in total. The molecule has 98 valence electrons. The Bertz CT molecular complexity index is 470. The molecule has 0 aliphatic rings. The number of rotatable bonds is 4. The smallest absolute Gasteiger partial charge is 0.316 e. The molecule has 0 unspecified atom stereocenters. The first kappa shape index (κ1) is 14.2. The van der Waals surface area contributed by atoms with Gasteiger partial charge >= 0.3 is 6.18 Å². The van der Waals surface area contributed by atoms with E-state index in [1.54, 1.807) is 13.1 Å². The van der Waals surface area contributed by atoms with Crippen molar-refractivity contribution in [1.82, 2.24) is 5.32 Å². The lowest BCUT2D eigenvalue weighted by atomic mass is 10.1. The molecule has 0 bridgehead atoms. The van der Waals surface area contributed by atoms with Gasteiger partial charge in [-0.15, -0.1) is 0 Å². The average molecular weight is 260 g/mol. The topological polar surface area (TPSA) is 55.2 Å². The lowest BCUT2D eigenvalue weighted by Gasteiger charge is -2.07. The fraction of sp³-hybridized carbons (Fsp3) is 0.273. The number of likely N-dealkylation sites (N-methyl/N-ethyl adjacent to an activating group) is 1. The van der Waals surface area contributed by atoms with Crippen molar-refractivity contribution >= 4 is 11.8 Å². The highest BCUT2D eigenvalue weighted by Gasteiger charge is 2.32. The summed E-state index contributed by atoms with van der Waals surface area (Å²) in [7, 11) is 1.69. The lowest BCUT2D eigenvalue weighted by molar-refractivity contribution is -0.385. The van der Waals surface area contributed by atoms with Crippen molar-refractivity contribution < 1.29 is 18.1 Å². The van der Waals surface area contributed by atoms with Gasteiger partial charge in [-0.3, -0.25) is 10.1 Å². The van der Waals surface area contributed by atoms with Crippen LogP contribution in [0.1, 0.15) is 11.1 Å². The van der Waals surface area contributed by atoms with E-state index in [1.165, 1.54) is 6.08 Å². The summed E-state index contributed by atoms with van der Waals surface area (Å²) in [5.41, 5.74) is -1.44. The summed E-state index contributed by atoms with van der Waals surface area (Å²) in [6.45, 7) is 0.470. The van der Waals surface area contributed by atoms with E-state index in [1.807, 2.05) is 0 Å². The van der Waals surface area contributed by atoms with Gasteiger partial charge in [0.2, 0.25) is 0 Å². The monoisotopic (exact) mass is 260 g/mol. The first-order valence-corrected chi connectivity index (χ1v) is 5.03. The Morgan fingerprint density at radius 3 is 2.61 bits per heavy atom. The van der Waals surface area contributed by atoms with Gasteiger partial charge in [0.05, 0.1) is 16.1 Å². The second-order valence-electron chi connectivity index (χ2n) is 3.49. The maximum atomic E-state index is 12.4. The van der Waals surface area contributed by atoms with Crippen LogP contribution in [0.4, 0.5) is 18.9 Å². The average Bonchev–Trinajstić information content (AvgIpc) is 2.28. The van der Waals surface area contributed by atoms with E-state index in [2.05, 4.69) is 5.32 Å². The number of hydrogen-bond acceptors (Lipinski definition) is 3. The Morgan fingerprint density at radius 1 is 1.44 bits per heavy atom. The Labute approximate surface area is 101 Å². The third kappa shape index (κ3) is 3.56. The third-order valence-corrected chi connectivity index (χ3v) is 2.17. The van der Waals surface area contributed by atoms with Crippen LogP contribution in [-0.2, 0) is 6.18 Å². The van der Waals surface area contributed by atoms with E-state index in [0.29, 0.717) is 12.6 Å². The fourth-order valence-corrected chi connectivity index (χ4v) is 1.32. The second-order valence-corrected chi connectivity index (χ2v) is 3.49. The van der Waals surface area contributed by atoms with Gasteiger partial charge in [-0.25, -0.2) is 0 Å². The normalized spacial score (nSPS) is 12.0. The predicted octanol–water partition coefficient (Wildman–Crippen LogP) is 2.85. The van der Waals surface area contributed by atoms with Crippen LogP contribution in [0.2, 0.25) is 0 Å². The maximum Gasteiger partial charge on any atom is 0.416 e. The van der Waals surface area contributed by atoms with E-state index in [9.17, 15) is 23.3 Å². The number of benzene rings is 1. The molecule has 1 aromatic rings. The van der Waals surface area contributed by atoms with Crippen LogP contribution < -0.4 is 5.32 Å². The van der Waals surface area contributed by atoms with Crippen LogP contribution >= 0.6 is 0 Å². The number of hydrogen-bond donors (Lipinski definition) is 1. The summed E-state index contributed by atoms with van der Waals surface area (Å²) in [4.78, 5) is 9.90. The first-order valence-electron chi connectivity index (χ1n) is 5.03. The predicted molar refractivity (Wildman–Crippen MR) is 61.1 cm³/mol. The van der Waals surface area contributed by atoms with Crippen LogP contribution in [0.25, 0.3) is 6.08 Å². The maximum absolute atomic E-state index is 12.4. The molecule has 18 heavy (non-hydrogen) atoms. The van der Waals surface area contributed by atoms with Gasteiger partial charge in [0.15, 0.2) is 0 Å². The molecule has 0 fully saturated rings. The van der Waals surface area contributed by atoms with Crippen LogP contribution in [0.3, 0.4) is 0 Å². The zero-order chi connectivity index (χ0) is 13.8. The number of nitro groups is 1. The molecule has 0 aromatic heterocycles.